The highest BCUT2D eigenvalue weighted by Crippen LogP contribution is 2.44. The molecule has 1 N–H and O–H groups in total. The molecule has 1 fully saturated rings. The van der Waals surface area contributed by atoms with Crippen molar-refractivity contribution in [2.45, 2.75) is 19.4 Å². The van der Waals surface area contributed by atoms with Gasteiger partial charge in [-0.15, -0.1) is 11.3 Å². The number of hydrogen-bond donors (Lipinski definition) is 1. The van der Waals surface area contributed by atoms with E-state index in [-0.39, 0.29) is 11.3 Å². The number of hydrogen-bond acceptors (Lipinski definition) is 4. The van der Waals surface area contributed by atoms with E-state index >= 15 is 0 Å². The lowest BCUT2D eigenvalue weighted by Crippen LogP contribution is -2.29. The minimum atomic E-state index is -0.679. The van der Waals surface area contributed by atoms with Gasteiger partial charge >= 0.3 is 0 Å². The van der Waals surface area contributed by atoms with Gasteiger partial charge in [0.1, 0.15) is 11.8 Å². The number of carbonyl (C=O) groups excluding carboxylic acids is 2. The van der Waals surface area contributed by atoms with E-state index in [0.29, 0.717) is 11.3 Å². The van der Waals surface area contributed by atoms with Gasteiger partial charge in [0, 0.05) is 16.1 Å². The molecule has 0 saturated carbocycles. The summed E-state index contributed by atoms with van der Waals surface area (Å²) in [6.07, 6.45) is 0.883. The molecular weight excluding hydrogens is 418 g/mol. The Hall–Kier alpha value is -3.70. The first-order valence-electron chi connectivity index (χ1n) is 10.5. The third-order valence-electron chi connectivity index (χ3n) is 5.92. The van der Waals surface area contributed by atoms with E-state index in [1.807, 2.05) is 78.2 Å². The van der Waals surface area contributed by atoms with Crippen LogP contribution in [0.15, 0.2) is 89.8 Å². The number of aliphatic hydroxyl groups excluding tert-OH is 1. The Morgan fingerprint density at radius 2 is 1.69 bits per heavy atom. The summed E-state index contributed by atoms with van der Waals surface area (Å²) >= 11 is 1.46. The van der Waals surface area contributed by atoms with E-state index in [0.717, 1.165) is 27.6 Å². The van der Waals surface area contributed by atoms with Crippen molar-refractivity contribution in [1.29, 1.82) is 0 Å². The Bertz CT molecular complexity index is 1350. The van der Waals surface area contributed by atoms with Gasteiger partial charge in [0.25, 0.3) is 11.7 Å². The van der Waals surface area contributed by atoms with Crippen LogP contribution in [-0.2, 0) is 16.0 Å². The molecule has 4 nitrogen and oxygen atoms in total. The second-order valence-corrected chi connectivity index (χ2v) is 8.71. The molecule has 5 heteroatoms. The first kappa shape index (κ1) is 20.2. The number of aryl methyl sites for hydroxylation is 1. The lowest BCUT2D eigenvalue weighted by atomic mass is 9.96. The summed E-state index contributed by atoms with van der Waals surface area (Å²) in [5.41, 5.74) is 2.45. The molecule has 158 valence electrons. The zero-order valence-electron chi connectivity index (χ0n) is 17.5. The van der Waals surface area contributed by atoms with Crippen LogP contribution in [0.25, 0.3) is 16.5 Å². The van der Waals surface area contributed by atoms with E-state index in [4.69, 9.17) is 0 Å². The molecule has 4 aromatic rings. The van der Waals surface area contributed by atoms with Gasteiger partial charge in [-0.05, 0) is 46.3 Å². The topological polar surface area (TPSA) is 57.6 Å². The number of aliphatic hydroxyl groups is 1. The Morgan fingerprint density at radius 1 is 0.938 bits per heavy atom. The molecule has 1 unspecified atom stereocenters. The second kappa shape index (κ2) is 8.09. The number of nitrogens with zero attached hydrogens (tertiary/aromatic N) is 1. The van der Waals surface area contributed by atoms with E-state index < -0.39 is 17.7 Å². The van der Waals surface area contributed by atoms with E-state index in [1.165, 1.54) is 16.2 Å². The molecule has 5 rings (SSSR count). The van der Waals surface area contributed by atoms with Gasteiger partial charge in [-0.1, -0.05) is 67.6 Å². The number of ketones is 1. The quantitative estimate of drug-likeness (QED) is 0.238. The molecule has 1 aliphatic rings. The highest BCUT2D eigenvalue weighted by Gasteiger charge is 2.47. The largest absolute Gasteiger partial charge is 0.507 e. The van der Waals surface area contributed by atoms with Crippen molar-refractivity contribution in [2.24, 2.45) is 0 Å². The van der Waals surface area contributed by atoms with Crippen LogP contribution in [0.3, 0.4) is 0 Å². The summed E-state index contributed by atoms with van der Waals surface area (Å²) in [6, 6.07) is 24.0. The summed E-state index contributed by atoms with van der Waals surface area (Å²) < 4.78 is 0. The summed E-state index contributed by atoms with van der Waals surface area (Å²) in [7, 11) is 0. The molecule has 1 saturated heterocycles. The van der Waals surface area contributed by atoms with Crippen molar-refractivity contribution in [3.8, 4) is 0 Å². The van der Waals surface area contributed by atoms with Crippen LogP contribution in [0, 0.1) is 0 Å². The third-order valence-corrected chi connectivity index (χ3v) is 6.85. The van der Waals surface area contributed by atoms with Crippen LogP contribution < -0.4 is 4.90 Å². The molecule has 1 aromatic heterocycles. The van der Waals surface area contributed by atoms with Crippen molar-refractivity contribution >= 4 is 45.2 Å². The number of rotatable bonds is 4. The summed E-state index contributed by atoms with van der Waals surface area (Å²) in [5, 5.41) is 15.1. The summed E-state index contributed by atoms with van der Waals surface area (Å²) in [6.45, 7) is 2.07. The molecule has 1 atom stereocenters. The molecular formula is C27H21NO3S. The number of thiophene rings is 1. The molecule has 0 radical (unpaired) electrons. The number of benzene rings is 3. The maximum atomic E-state index is 13.3. The van der Waals surface area contributed by atoms with Crippen molar-refractivity contribution in [2.75, 3.05) is 4.90 Å². The van der Waals surface area contributed by atoms with Crippen LogP contribution in [0.5, 0.6) is 0 Å². The van der Waals surface area contributed by atoms with Crippen LogP contribution in [-0.4, -0.2) is 16.8 Å². The second-order valence-electron chi connectivity index (χ2n) is 7.73. The number of anilines is 1. The lowest BCUT2D eigenvalue weighted by molar-refractivity contribution is -0.132. The highest BCUT2D eigenvalue weighted by molar-refractivity contribution is 7.10. The SMILES string of the molecule is CCc1ccc(N2C(=O)C(=O)/C(=C(\O)c3cccc4ccccc34)C2c2cccs2)cc1. The Morgan fingerprint density at radius 3 is 2.41 bits per heavy atom. The molecule has 0 bridgehead atoms. The predicted octanol–water partition coefficient (Wildman–Crippen LogP) is 6.09. The number of amides is 1. The maximum Gasteiger partial charge on any atom is 0.300 e. The minimum absolute atomic E-state index is 0.119. The lowest BCUT2D eigenvalue weighted by Gasteiger charge is -2.24. The van der Waals surface area contributed by atoms with Crippen LogP contribution >= 0.6 is 11.3 Å². The highest BCUT2D eigenvalue weighted by atomic mass is 32.1. The van der Waals surface area contributed by atoms with Crippen molar-refractivity contribution in [1.82, 2.24) is 0 Å². The normalized spacial score (nSPS) is 17.9. The van der Waals surface area contributed by atoms with Crippen LogP contribution in [0.4, 0.5) is 5.69 Å². The fourth-order valence-electron chi connectivity index (χ4n) is 4.28. The van der Waals surface area contributed by atoms with Gasteiger partial charge in [-0.3, -0.25) is 14.5 Å². The predicted molar refractivity (Wildman–Crippen MR) is 129 cm³/mol. The van der Waals surface area contributed by atoms with Gasteiger partial charge in [-0.2, -0.15) is 0 Å². The first-order chi connectivity index (χ1) is 15.6. The Kier molecular flexibility index (Phi) is 5.11. The van der Waals surface area contributed by atoms with Crippen LogP contribution in [0.2, 0.25) is 0 Å². The first-order valence-corrected chi connectivity index (χ1v) is 11.4. The summed E-state index contributed by atoms with van der Waals surface area (Å²) in [5.74, 6) is -1.45. The van der Waals surface area contributed by atoms with E-state index in [9.17, 15) is 14.7 Å². The van der Waals surface area contributed by atoms with Crippen molar-refractivity contribution < 1.29 is 14.7 Å². The van der Waals surface area contributed by atoms with E-state index in [2.05, 4.69) is 6.92 Å². The molecule has 1 aliphatic heterocycles. The smallest absolute Gasteiger partial charge is 0.300 e. The van der Waals surface area contributed by atoms with Crippen molar-refractivity contribution in [3.63, 3.8) is 0 Å². The maximum absolute atomic E-state index is 13.3. The molecule has 32 heavy (non-hydrogen) atoms. The number of fused-ring (bicyclic) bond motifs is 1. The molecule has 2 heterocycles. The third kappa shape index (κ3) is 3.22. The average Bonchev–Trinajstić information content (AvgIpc) is 3.45. The minimum Gasteiger partial charge on any atom is -0.507 e. The Balaban J connectivity index is 1.73. The zero-order valence-corrected chi connectivity index (χ0v) is 18.3. The number of Topliss-reactive ketones (excluding diaryl/α,β-unsaturated/α-hetero) is 1. The van der Waals surface area contributed by atoms with Crippen LogP contribution in [0.1, 0.15) is 29.0 Å². The molecule has 0 spiro atoms. The van der Waals surface area contributed by atoms with Gasteiger partial charge in [0.15, 0.2) is 0 Å². The standard InChI is InChI=1S/C27H21NO3S/c1-2-17-12-14-19(15-13-17)28-24(22-11-6-16-32-22)23(26(30)27(28)31)25(29)21-10-5-8-18-7-3-4-9-20(18)21/h3-16,24,29H,2H2,1H3/b25-23-. The van der Waals surface area contributed by atoms with Gasteiger partial charge in [-0.25, -0.2) is 0 Å². The fourth-order valence-corrected chi connectivity index (χ4v) is 5.11. The van der Waals surface area contributed by atoms with Gasteiger partial charge < -0.3 is 5.11 Å². The summed E-state index contributed by atoms with van der Waals surface area (Å²) in [4.78, 5) is 28.8. The van der Waals surface area contributed by atoms with Gasteiger partial charge in [0.05, 0.1) is 5.57 Å². The molecule has 1 amide bonds. The monoisotopic (exact) mass is 439 g/mol. The molecule has 3 aromatic carbocycles. The molecule has 0 aliphatic carbocycles. The van der Waals surface area contributed by atoms with Gasteiger partial charge in [0.2, 0.25) is 0 Å². The van der Waals surface area contributed by atoms with Crippen molar-refractivity contribution in [3.05, 3.63) is 106 Å². The number of carbonyl (C=O) groups is 2. The Labute approximate surface area is 190 Å². The zero-order chi connectivity index (χ0) is 22.2. The average molecular weight is 440 g/mol. The fraction of sp³-hybridized carbons (Fsp3) is 0.111. The van der Waals surface area contributed by atoms with E-state index in [1.54, 1.807) is 6.07 Å².